The molecular formula is C14H12BrN3O4. The van der Waals surface area contributed by atoms with Gasteiger partial charge in [-0.2, -0.15) is 5.26 Å². The summed E-state index contributed by atoms with van der Waals surface area (Å²) < 4.78 is 11.4. The number of rotatable bonds is 5. The Labute approximate surface area is 135 Å². The molecule has 7 nitrogen and oxygen atoms in total. The zero-order valence-electron chi connectivity index (χ0n) is 11.6. The van der Waals surface area contributed by atoms with Crippen LogP contribution in [0.15, 0.2) is 22.3 Å². The predicted octanol–water partition coefficient (Wildman–Crippen LogP) is 1.93. The minimum Gasteiger partial charge on any atom is -0.490 e. The first-order valence-electron chi connectivity index (χ1n) is 6.35. The van der Waals surface area contributed by atoms with Crippen LogP contribution in [-0.2, 0) is 4.79 Å². The molecule has 1 aliphatic rings. The van der Waals surface area contributed by atoms with E-state index in [0.717, 1.165) is 0 Å². The zero-order chi connectivity index (χ0) is 16.1. The largest absolute Gasteiger partial charge is 0.490 e. The number of nitriles is 1. The van der Waals surface area contributed by atoms with Crippen molar-refractivity contribution in [2.75, 3.05) is 13.2 Å². The molecule has 0 spiro atoms. The second kappa shape index (κ2) is 6.95. The standard InChI is InChI=1S/C14H12BrN3O4/c1-2-21-11-7-8(5-9(15)12(11)22-4-3-16)6-10-13(19)18-14(20)17-10/h5-7H,2,4H2,1H3,(H2,17,18,19,20)/b10-6-. The minimum atomic E-state index is -0.561. The minimum absolute atomic E-state index is 0.114. The van der Waals surface area contributed by atoms with Gasteiger partial charge in [0.1, 0.15) is 11.8 Å². The van der Waals surface area contributed by atoms with Crippen LogP contribution in [-0.4, -0.2) is 25.2 Å². The highest BCUT2D eigenvalue weighted by Gasteiger charge is 2.23. The molecule has 0 aromatic heterocycles. The van der Waals surface area contributed by atoms with Crippen LogP contribution >= 0.6 is 15.9 Å². The van der Waals surface area contributed by atoms with Gasteiger partial charge in [0.2, 0.25) is 0 Å². The number of hydrogen-bond donors (Lipinski definition) is 2. The van der Waals surface area contributed by atoms with Crippen molar-refractivity contribution in [3.63, 3.8) is 0 Å². The molecule has 114 valence electrons. The summed E-state index contributed by atoms with van der Waals surface area (Å²) in [6.45, 7) is 2.11. The molecule has 3 amide bonds. The van der Waals surface area contributed by atoms with Crippen LogP contribution in [0.1, 0.15) is 12.5 Å². The topological polar surface area (TPSA) is 100 Å². The second-order valence-corrected chi connectivity index (χ2v) is 5.03. The van der Waals surface area contributed by atoms with E-state index >= 15 is 0 Å². The number of carbonyl (C=O) groups is 2. The van der Waals surface area contributed by atoms with Crippen molar-refractivity contribution in [1.82, 2.24) is 10.6 Å². The Balaban J connectivity index is 2.38. The third-order valence-electron chi connectivity index (χ3n) is 2.64. The Morgan fingerprint density at radius 1 is 1.32 bits per heavy atom. The van der Waals surface area contributed by atoms with Crippen LogP contribution < -0.4 is 20.1 Å². The fraction of sp³-hybridized carbons (Fsp3) is 0.214. The average molecular weight is 366 g/mol. The van der Waals surface area contributed by atoms with Gasteiger partial charge in [-0.3, -0.25) is 10.1 Å². The average Bonchev–Trinajstić information content (AvgIpc) is 2.76. The number of carbonyl (C=O) groups excluding carboxylic acids is 2. The molecule has 2 rings (SSSR count). The number of nitrogens with zero attached hydrogens (tertiary/aromatic N) is 1. The molecule has 0 atom stereocenters. The SMILES string of the molecule is CCOc1cc(/C=C2\NC(=O)NC2=O)cc(Br)c1OCC#N. The number of ether oxygens (including phenoxy) is 2. The Morgan fingerprint density at radius 2 is 2.09 bits per heavy atom. The molecule has 1 fully saturated rings. The molecule has 0 unspecified atom stereocenters. The normalized spacial score (nSPS) is 15.2. The van der Waals surface area contributed by atoms with Crippen LogP contribution in [0.4, 0.5) is 4.79 Å². The quantitative estimate of drug-likeness (QED) is 0.613. The molecule has 22 heavy (non-hydrogen) atoms. The molecule has 0 saturated carbocycles. The first-order chi connectivity index (χ1) is 10.5. The molecule has 1 heterocycles. The van der Waals surface area contributed by atoms with Gasteiger partial charge in [-0.1, -0.05) is 0 Å². The number of imide groups is 1. The molecule has 0 radical (unpaired) electrons. The van der Waals surface area contributed by atoms with Crippen LogP contribution in [0.25, 0.3) is 6.08 Å². The maximum Gasteiger partial charge on any atom is 0.326 e. The third kappa shape index (κ3) is 3.56. The monoisotopic (exact) mass is 365 g/mol. The van der Waals surface area contributed by atoms with Crippen molar-refractivity contribution >= 4 is 33.9 Å². The maximum absolute atomic E-state index is 11.5. The fourth-order valence-corrected chi connectivity index (χ4v) is 2.40. The van der Waals surface area contributed by atoms with Crippen molar-refractivity contribution in [3.05, 3.63) is 27.9 Å². The highest BCUT2D eigenvalue weighted by atomic mass is 79.9. The van der Waals surface area contributed by atoms with Gasteiger partial charge in [-0.05, 0) is 46.6 Å². The van der Waals surface area contributed by atoms with E-state index in [4.69, 9.17) is 14.7 Å². The first kappa shape index (κ1) is 15.9. The number of halogens is 1. The summed E-state index contributed by atoms with van der Waals surface area (Å²) in [4.78, 5) is 22.6. The highest BCUT2D eigenvalue weighted by molar-refractivity contribution is 9.10. The second-order valence-electron chi connectivity index (χ2n) is 4.18. The zero-order valence-corrected chi connectivity index (χ0v) is 13.2. The molecule has 1 aromatic rings. The van der Waals surface area contributed by atoms with Gasteiger partial charge < -0.3 is 14.8 Å². The Bertz CT molecular complexity index is 694. The number of nitrogens with one attached hydrogen (secondary N) is 2. The summed E-state index contributed by atoms with van der Waals surface area (Å²) in [5.74, 6) is 0.345. The van der Waals surface area contributed by atoms with Crippen molar-refractivity contribution in [2.45, 2.75) is 6.92 Å². The lowest BCUT2D eigenvalue weighted by atomic mass is 10.1. The first-order valence-corrected chi connectivity index (χ1v) is 7.14. The van der Waals surface area contributed by atoms with E-state index in [2.05, 4.69) is 26.6 Å². The van der Waals surface area contributed by atoms with Crippen molar-refractivity contribution in [2.24, 2.45) is 0 Å². The van der Waals surface area contributed by atoms with E-state index in [-0.39, 0.29) is 12.3 Å². The van der Waals surface area contributed by atoms with Crippen molar-refractivity contribution in [1.29, 1.82) is 5.26 Å². The van der Waals surface area contributed by atoms with Crippen LogP contribution in [0, 0.1) is 11.3 Å². The molecule has 1 saturated heterocycles. The summed E-state index contributed by atoms with van der Waals surface area (Å²) in [7, 11) is 0. The van der Waals surface area contributed by atoms with Crippen molar-refractivity contribution in [3.8, 4) is 17.6 Å². The highest BCUT2D eigenvalue weighted by Crippen LogP contribution is 2.37. The van der Waals surface area contributed by atoms with E-state index in [1.807, 2.05) is 13.0 Å². The summed E-state index contributed by atoms with van der Waals surface area (Å²) in [6.07, 6.45) is 1.52. The van der Waals surface area contributed by atoms with Gasteiger partial charge in [0.15, 0.2) is 18.1 Å². The van der Waals surface area contributed by atoms with E-state index < -0.39 is 11.9 Å². The Morgan fingerprint density at radius 3 is 2.68 bits per heavy atom. The van der Waals surface area contributed by atoms with E-state index in [9.17, 15) is 9.59 Å². The molecule has 0 aliphatic carbocycles. The Hall–Kier alpha value is -2.53. The number of urea groups is 1. The van der Waals surface area contributed by atoms with Gasteiger partial charge in [-0.25, -0.2) is 4.79 Å². The molecule has 0 bridgehead atoms. The molecule has 1 aliphatic heterocycles. The number of benzene rings is 1. The fourth-order valence-electron chi connectivity index (χ4n) is 1.83. The van der Waals surface area contributed by atoms with E-state index in [1.165, 1.54) is 6.08 Å². The summed E-state index contributed by atoms with van der Waals surface area (Å²) in [5.41, 5.74) is 0.775. The summed E-state index contributed by atoms with van der Waals surface area (Å²) in [6, 6.07) is 4.68. The van der Waals surface area contributed by atoms with E-state index in [1.54, 1.807) is 12.1 Å². The summed E-state index contributed by atoms with van der Waals surface area (Å²) >= 11 is 3.34. The van der Waals surface area contributed by atoms with Crippen LogP contribution in [0.3, 0.4) is 0 Å². The van der Waals surface area contributed by atoms with Gasteiger partial charge in [-0.15, -0.1) is 0 Å². The summed E-state index contributed by atoms with van der Waals surface area (Å²) in [5, 5.41) is 13.1. The Kier molecular flexibility index (Phi) is 5.01. The van der Waals surface area contributed by atoms with Gasteiger partial charge >= 0.3 is 6.03 Å². The molecule has 1 aromatic carbocycles. The van der Waals surface area contributed by atoms with E-state index in [0.29, 0.717) is 28.1 Å². The molecule has 8 heteroatoms. The molecular weight excluding hydrogens is 354 g/mol. The maximum atomic E-state index is 11.5. The van der Waals surface area contributed by atoms with Crippen LogP contribution in [0.2, 0.25) is 0 Å². The van der Waals surface area contributed by atoms with Gasteiger partial charge in [0, 0.05) is 0 Å². The lowest BCUT2D eigenvalue weighted by Gasteiger charge is -2.13. The molecule has 2 N–H and O–H groups in total. The number of amides is 3. The lowest BCUT2D eigenvalue weighted by molar-refractivity contribution is -0.115. The predicted molar refractivity (Wildman–Crippen MR) is 81.1 cm³/mol. The third-order valence-corrected chi connectivity index (χ3v) is 3.23. The van der Waals surface area contributed by atoms with Gasteiger partial charge in [0.05, 0.1) is 11.1 Å². The van der Waals surface area contributed by atoms with Crippen molar-refractivity contribution < 1.29 is 19.1 Å². The lowest BCUT2D eigenvalue weighted by Crippen LogP contribution is -2.22. The van der Waals surface area contributed by atoms with Crippen LogP contribution in [0.5, 0.6) is 11.5 Å². The smallest absolute Gasteiger partial charge is 0.326 e. The number of hydrogen-bond acceptors (Lipinski definition) is 5. The van der Waals surface area contributed by atoms with Gasteiger partial charge in [0.25, 0.3) is 5.91 Å².